The molecule has 0 radical (unpaired) electrons. The molecule has 2 aromatic carbocycles. The molecule has 2 aromatic rings. The molecule has 0 aliphatic heterocycles. The van der Waals surface area contributed by atoms with E-state index in [0.717, 1.165) is 23.6 Å². The lowest BCUT2D eigenvalue weighted by Gasteiger charge is -2.03. The minimum atomic E-state index is -0.917. The Morgan fingerprint density at radius 3 is 2.35 bits per heavy atom. The van der Waals surface area contributed by atoms with Crippen LogP contribution >= 0.6 is 0 Å². The summed E-state index contributed by atoms with van der Waals surface area (Å²) in [4.78, 5) is 11.4. The van der Waals surface area contributed by atoms with Crippen molar-refractivity contribution in [2.24, 2.45) is 0 Å². The van der Waals surface area contributed by atoms with Gasteiger partial charge >= 0.3 is 5.97 Å². The van der Waals surface area contributed by atoms with Gasteiger partial charge in [0, 0.05) is 12.0 Å². The van der Waals surface area contributed by atoms with E-state index >= 15 is 0 Å². The molecule has 0 aliphatic carbocycles. The van der Waals surface area contributed by atoms with E-state index in [1.807, 2.05) is 30.3 Å². The molecule has 23 heavy (non-hydrogen) atoms. The molecule has 2 nitrogen and oxygen atoms in total. The van der Waals surface area contributed by atoms with Crippen molar-refractivity contribution in [1.29, 1.82) is 0 Å². The van der Waals surface area contributed by atoms with Crippen LogP contribution in [0, 0.1) is 11.8 Å². The predicted octanol–water partition coefficient (Wildman–Crippen LogP) is 5.64. The third-order valence-corrected chi connectivity index (χ3v) is 3.99. The zero-order valence-electron chi connectivity index (χ0n) is 13.8. The summed E-state index contributed by atoms with van der Waals surface area (Å²) in [6.07, 6.45) is 8.27. The number of benzene rings is 2. The molecule has 2 rings (SSSR count). The second kappa shape index (κ2) is 9.00. The van der Waals surface area contributed by atoms with E-state index in [2.05, 4.69) is 18.8 Å². The van der Waals surface area contributed by atoms with Crippen LogP contribution in [-0.2, 0) is 0 Å². The Labute approximate surface area is 138 Å². The van der Waals surface area contributed by atoms with Gasteiger partial charge in [-0.05, 0) is 29.3 Å². The number of carbonyl (C=O) groups is 1. The lowest BCUT2D eigenvalue weighted by Crippen LogP contribution is -2.00. The van der Waals surface area contributed by atoms with Crippen LogP contribution in [0.15, 0.2) is 36.4 Å². The number of aromatic carboxylic acids is 1. The molecule has 0 aromatic heterocycles. The average molecular weight is 308 g/mol. The van der Waals surface area contributed by atoms with E-state index in [1.165, 1.54) is 32.1 Å². The van der Waals surface area contributed by atoms with E-state index in [1.54, 1.807) is 6.07 Å². The second-order valence-corrected chi connectivity index (χ2v) is 5.87. The standard InChI is InChI=1S/C21H24O2/c1-2-3-4-5-6-7-8-9-14-19-15-17-12-10-11-13-18(17)16-20(19)21(22)23/h10-13,15-16H,2-8H2,1H3,(H,22,23). The number of carboxylic acids is 1. The van der Waals surface area contributed by atoms with Gasteiger partial charge in [0.1, 0.15) is 0 Å². The summed E-state index contributed by atoms with van der Waals surface area (Å²) in [7, 11) is 0. The highest BCUT2D eigenvalue weighted by atomic mass is 16.4. The van der Waals surface area contributed by atoms with Crippen LogP contribution in [0.5, 0.6) is 0 Å². The van der Waals surface area contributed by atoms with Gasteiger partial charge in [0.05, 0.1) is 5.56 Å². The van der Waals surface area contributed by atoms with Crippen LogP contribution in [0.4, 0.5) is 0 Å². The lowest BCUT2D eigenvalue weighted by molar-refractivity contribution is 0.0697. The van der Waals surface area contributed by atoms with Crippen LogP contribution in [-0.4, -0.2) is 11.1 Å². The SMILES string of the molecule is CCCCCCCCC#Cc1cc2ccccc2cc1C(=O)O. The summed E-state index contributed by atoms with van der Waals surface area (Å²) >= 11 is 0. The molecular formula is C21H24O2. The normalized spacial score (nSPS) is 10.3. The third-order valence-electron chi connectivity index (χ3n) is 3.99. The van der Waals surface area contributed by atoms with Gasteiger partial charge in [-0.3, -0.25) is 0 Å². The van der Waals surface area contributed by atoms with Crippen LogP contribution in [0.2, 0.25) is 0 Å². The van der Waals surface area contributed by atoms with Gasteiger partial charge in [0.2, 0.25) is 0 Å². The van der Waals surface area contributed by atoms with Gasteiger partial charge in [-0.2, -0.15) is 0 Å². The zero-order chi connectivity index (χ0) is 16.5. The largest absolute Gasteiger partial charge is 0.478 e. The first-order chi connectivity index (χ1) is 11.2. The van der Waals surface area contributed by atoms with Crippen molar-refractivity contribution in [3.63, 3.8) is 0 Å². The third kappa shape index (κ3) is 5.14. The Hall–Kier alpha value is -2.27. The molecule has 0 amide bonds. The number of rotatable bonds is 7. The van der Waals surface area contributed by atoms with E-state index in [9.17, 15) is 9.90 Å². The fraction of sp³-hybridized carbons (Fsp3) is 0.381. The van der Waals surface area contributed by atoms with E-state index in [4.69, 9.17) is 0 Å². The maximum absolute atomic E-state index is 11.4. The Kier molecular flexibility index (Phi) is 6.69. The Morgan fingerprint density at radius 2 is 1.65 bits per heavy atom. The highest BCUT2D eigenvalue weighted by Crippen LogP contribution is 2.20. The maximum atomic E-state index is 11.4. The van der Waals surface area contributed by atoms with Crippen molar-refractivity contribution in [2.45, 2.75) is 51.9 Å². The second-order valence-electron chi connectivity index (χ2n) is 5.87. The van der Waals surface area contributed by atoms with Gasteiger partial charge in [-0.15, -0.1) is 0 Å². The number of fused-ring (bicyclic) bond motifs is 1. The monoisotopic (exact) mass is 308 g/mol. The Balaban J connectivity index is 2.03. The first-order valence-corrected chi connectivity index (χ1v) is 8.47. The van der Waals surface area contributed by atoms with Crippen LogP contribution < -0.4 is 0 Å². The molecule has 0 atom stereocenters. The van der Waals surface area contributed by atoms with Crippen LogP contribution in [0.3, 0.4) is 0 Å². The number of hydrogen-bond donors (Lipinski definition) is 1. The van der Waals surface area contributed by atoms with Gasteiger partial charge in [0.25, 0.3) is 0 Å². The summed E-state index contributed by atoms with van der Waals surface area (Å²) in [5, 5.41) is 11.3. The van der Waals surface area contributed by atoms with Gasteiger partial charge < -0.3 is 5.11 Å². The summed E-state index contributed by atoms with van der Waals surface area (Å²) in [5.74, 6) is 5.28. The molecule has 0 aliphatic rings. The van der Waals surface area contributed by atoms with E-state index in [0.29, 0.717) is 11.1 Å². The van der Waals surface area contributed by atoms with Crippen molar-refractivity contribution in [1.82, 2.24) is 0 Å². The molecule has 0 saturated carbocycles. The smallest absolute Gasteiger partial charge is 0.336 e. The first-order valence-electron chi connectivity index (χ1n) is 8.47. The summed E-state index contributed by atoms with van der Waals surface area (Å²) in [5.41, 5.74) is 0.904. The Bertz CT molecular complexity index is 719. The first kappa shape index (κ1) is 17.1. The van der Waals surface area contributed by atoms with Gasteiger partial charge in [-0.25, -0.2) is 4.79 Å². The topological polar surface area (TPSA) is 37.3 Å². The van der Waals surface area contributed by atoms with Crippen LogP contribution in [0.25, 0.3) is 10.8 Å². The molecule has 0 bridgehead atoms. The minimum absolute atomic E-state index is 0.291. The van der Waals surface area contributed by atoms with E-state index in [-0.39, 0.29) is 0 Å². The fourth-order valence-electron chi connectivity index (χ4n) is 2.67. The van der Waals surface area contributed by atoms with Gasteiger partial charge in [0.15, 0.2) is 0 Å². The lowest BCUT2D eigenvalue weighted by atomic mass is 10.0. The minimum Gasteiger partial charge on any atom is -0.478 e. The molecule has 0 heterocycles. The van der Waals surface area contributed by atoms with Crippen molar-refractivity contribution < 1.29 is 9.90 Å². The van der Waals surface area contributed by atoms with Crippen molar-refractivity contribution in [3.8, 4) is 11.8 Å². The molecule has 0 spiro atoms. The van der Waals surface area contributed by atoms with E-state index < -0.39 is 5.97 Å². The van der Waals surface area contributed by atoms with Gasteiger partial charge in [-0.1, -0.05) is 75.1 Å². The predicted molar refractivity (Wildman–Crippen MR) is 95.8 cm³/mol. The molecule has 1 N–H and O–H groups in total. The van der Waals surface area contributed by atoms with Crippen molar-refractivity contribution in [2.75, 3.05) is 0 Å². The van der Waals surface area contributed by atoms with Crippen molar-refractivity contribution >= 4 is 16.7 Å². The Morgan fingerprint density at radius 1 is 1.00 bits per heavy atom. The molecule has 0 unspecified atom stereocenters. The fourth-order valence-corrected chi connectivity index (χ4v) is 2.67. The maximum Gasteiger partial charge on any atom is 0.336 e. The quantitative estimate of drug-likeness (QED) is 0.531. The number of carboxylic acid groups (broad SMARTS) is 1. The van der Waals surface area contributed by atoms with Crippen molar-refractivity contribution in [3.05, 3.63) is 47.5 Å². The highest BCUT2D eigenvalue weighted by Gasteiger charge is 2.09. The molecule has 0 fully saturated rings. The number of hydrogen-bond acceptors (Lipinski definition) is 1. The zero-order valence-corrected chi connectivity index (χ0v) is 13.8. The molecular weight excluding hydrogens is 284 g/mol. The molecule has 0 saturated heterocycles. The average Bonchev–Trinajstić information content (AvgIpc) is 2.56. The summed E-state index contributed by atoms with van der Waals surface area (Å²) in [6, 6.07) is 11.4. The molecule has 2 heteroatoms. The van der Waals surface area contributed by atoms with Crippen LogP contribution in [0.1, 0.15) is 67.8 Å². The molecule has 120 valence electrons. The number of unbranched alkanes of at least 4 members (excludes halogenated alkanes) is 6. The summed E-state index contributed by atoms with van der Waals surface area (Å²) < 4.78 is 0. The summed E-state index contributed by atoms with van der Waals surface area (Å²) in [6.45, 7) is 2.22. The highest BCUT2D eigenvalue weighted by molar-refractivity contribution is 5.97.